The number of halogens is 2. The van der Waals surface area contributed by atoms with E-state index in [1.54, 1.807) is 41.1 Å². The minimum absolute atomic E-state index is 0. The molecule has 10 heteroatoms. The zero-order valence-corrected chi connectivity index (χ0v) is 23.8. The molecule has 0 radical (unpaired) electrons. The predicted molar refractivity (Wildman–Crippen MR) is 157 cm³/mol. The zero-order chi connectivity index (χ0) is 27.8. The van der Waals surface area contributed by atoms with E-state index in [0.717, 1.165) is 34.5 Å². The second kappa shape index (κ2) is 11.9. The molecule has 4 N–H and O–H groups in total. The monoisotopic (exact) mass is 583 g/mol. The number of ether oxygens (including phenoxy) is 2. The summed E-state index contributed by atoms with van der Waals surface area (Å²) < 4.78 is 13.1. The van der Waals surface area contributed by atoms with E-state index in [0.29, 0.717) is 16.5 Å². The molecular weight excluding hydrogens is 553 g/mol. The minimum Gasteiger partial charge on any atom is -0.485 e. The minimum atomic E-state index is -0.735. The quantitative estimate of drug-likeness (QED) is 0.185. The molecule has 210 valence electrons. The van der Waals surface area contributed by atoms with Gasteiger partial charge in [-0.15, -0.1) is 12.4 Å². The second-order valence-corrected chi connectivity index (χ2v) is 10.8. The van der Waals surface area contributed by atoms with Crippen LogP contribution >= 0.6 is 24.0 Å². The first-order valence-electron chi connectivity index (χ1n) is 12.9. The fourth-order valence-corrected chi connectivity index (χ4v) is 4.77. The number of primary amides is 1. The molecule has 1 aromatic heterocycles. The van der Waals surface area contributed by atoms with E-state index in [9.17, 15) is 14.4 Å². The molecule has 1 fully saturated rings. The standard InChI is InChI=1S/C30H30ClN3O5.ClH/c1-16(2)28(32)30(37)39-15-34-13-24(22-8-6-18(11-25(22)34)17-3-4-17)26(35)14-38-27-12-19-5-7-21(31)9-20(19)10-23(27)29(33)36;/h5-13,16-17,28H,3-4,14-15,32H2,1-2H3,(H2,33,36);1H. The normalized spacial score (nSPS) is 13.7. The van der Waals surface area contributed by atoms with E-state index in [4.69, 9.17) is 32.5 Å². The van der Waals surface area contributed by atoms with Crippen molar-refractivity contribution in [1.82, 2.24) is 4.57 Å². The summed E-state index contributed by atoms with van der Waals surface area (Å²) >= 11 is 6.08. The maximum absolute atomic E-state index is 13.4. The van der Waals surface area contributed by atoms with E-state index in [1.807, 2.05) is 32.0 Å². The van der Waals surface area contributed by atoms with Crippen LogP contribution in [0.5, 0.6) is 5.75 Å². The molecule has 0 spiro atoms. The molecule has 1 heterocycles. The summed E-state index contributed by atoms with van der Waals surface area (Å²) in [6, 6.07) is 13.8. The number of nitrogens with two attached hydrogens (primary N) is 2. The van der Waals surface area contributed by atoms with Gasteiger partial charge in [0, 0.05) is 22.2 Å². The number of esters is 1. The highest BCUT2D eigenvalue weighted by atomic mass is 35.5. The summed E-state index contributed by atoms with van der Waals surface area (Å²) in [7, 11) is 0. The number of aromatic nitrogens is 1. The fraction of sp³-hybridized carbons (Fsp3) is 0.300. The number of nitrogens with zero attached hydrogens (tertiary/aromatic N) is 1. The van der Waals surface area contributed by atoms with E-state index in [-0.39, 0.29) is 48.8 Å². The Balaban J connectivity index is 0.00000370. The molecule has 0 bridgehead atoms. The summed E-state index contributed by atoms with van der Waals surface area (Å²) in [6.07, 6.45) is 3.92. The summed E-state index contributed by atoms with van der Waals surface area (Å²) in [5, 5.41) is 2.77. The number of hydrogen-bond donors (Lipinski definition) is 2. The van der Waals surface area contributed by atoms with Gasteiger partial charge < -0.3 is 25.5 Å². The van der Waals surface area contributed by atoms with Gasteiger partial charge in [-0.05, 0) is 71.3 Å². The van der Waals surface area contributed by atoms with Crippen molar-refractivity contribution in [3.63, 3.8) is 0 Å². The van der Waals surface area contributed by atoms with Crippen molar-refractivity contribution in [2.75, 3.05) is 6.61 Å². The molecule has 1 atom stereocenters. The van der Waals surface area contributed by atoms with Crippen LogP contribution in [-0.2, 0) is 16.3 Å². The number of ketones is 1. The van der Waals surface area contributed by atoms with Crippen molar-refractivity contribution < 1.29 is 23.9 Å². The predicted octanol–water partition coefficient (Wildman–Crippen LogP) is 5.59. The topological polar surface area (TPSA) is 127 Å². The van der Waals surface area contributed by atoms with Crippen LogP contribution in [0.4, 0.5) is 0 Å². The van der Waals surface area contributed by atoms with Crippen LogP contribution in [0, 0.1) is 5.92 Å². The molecule has 1 amide bonds. The summed E-state index contributed by atoms with van der Waals surface area (Å²) in [4.78, 5) is 37.9. The van der Waals surface area contributed by atoms with E-state index in [1.165, 1.54) is 5.56 Å². The van der Waals surface area contributed by atoms with Gasteiger partial charge in [0.05, 0.1) is 11.1 Å². The molecular formula is C30H31Cl2N3O5. The average molecular weight is 585 g/mol. The Kier molecular flexibility index (Phi) is 8.73. The van der Waals surface area contributed by atoms with Gasteiger partial charge in [0.25, 0.3) is 5.91 Å². The van der Waals surface area contributed by atoms with Crippen molar-refractivity contribution in [1.29, 1.82) is 0 Å². The number of carbonyl (C=O) groups excluding carboxylic acids is 3. The van der Waals surface area contributed by atoms with Crippen molar-refractivity contribution in [2.24, 2.45) is 17.4 Å². The molecule has 8 nitrogen and oxygen atoms in total. The number of rotatable bonds is 10. The Morgan fingerprint density at radius 3 is 2.45 bits per heavy atom. The van der Waals surface area contributed by atoms with Gasteiger partial charge >= 0.3 is 5.97 Å². The van der Waals surface area contributed by atoms with Crippen LogP contribution in [-0.4, -0.2) is 34.9 Å². The highest BCUT2D eigenvalue weighted by molar-refractivity contribution is 6.31. The lowest BCUT2D eigenvalue weighted by Crippen LogP contribution is -2.37. The Labute approximate surface area is 242 Å². The van der Waals surface area contributed by atoms with Gasteiger partial charge in [0.2, 0.25) is 5.78 Å². The molecule has 4 aromatic rings. The lowest BCUT2D eigenvalue weighted by atomic mass is 10.0. The summed E-state index contributed by atoms with van der Waals surface area (Å²) in [5.41, 5.74) is 14.1. The number of carbonyl (C=O) groups is 3. The number of benzene rings is 3. The fourth-order valence-electron chi connectivity index (χ4n) is 4.59. The largest absolute Gasteiger partial charge is 0.485 e. The maximum Gasteiger partial charge on any atom is 0.324 e. The molecule has 40 heavy (non-hydrogen) atoms. The van der Waals surface area contributed by atoms with Crippen molar-refractivity contribution in [2.45, 2.75) is 45.4 Å². The van der Waals surface area contributed by atoms with E-state index >= 15 is 0 Å². The number of amides is 1. The second-order valence-electron chi connectivity index (χ2n) is 10.3. The van der Waals surface area contributed by atoms with Crippen molar-refractivity contribution >= 4 is 63.3 Å². The van der Waals surface area contributed by atoms with E-state index < -0.39 is 17.9 Å². The van der Waals surface area contributed by atoms with Crippen LogP contribution in [0.15, 0.2) is 54.7 Å². The molecule has 1 aliphatic carbocycles. The van der Waals surface area contributed by atoms with Crippen molar-refractivity contribution in [3.8, 4) is 5.75 Å². The van der Waals surface area contributed by atoms with Gasteiger partial charge in [-0.2, -0.15) is 0 Å². The smallest absolute Gasteiger partial charge is 0.324 e. The SMILES string of the molecule is CC(C)C(N)C(=O)OCn1cc(C(=O)COc2cc3ccc(Cl)cc3cc2C(N)=O)c2ccc(C3CC3)cc21.Cl. The summed E-state index contributed by atoms with van der Waals surface area (Å²) in [6.45, 7) is 3.31. The molecule has 1 saturated carbocycles. The third-order valence-electron chi connectivity index (χ3n) is 7.12. The average Bonchev–Trinajstić information content (AvgIpc) is 3.70. The van der Waals surface area contributed by atoms with Gasteiger partial charge in [-0.3, -0.25) is 14.4 Å². The van der Waals surface area contributed by atoms with Crippen LogP contribution in [0.1, 0.15) is 58.9 Å². The Morgan fingerprint density at radius 1 is 1.02 bits per heavy atom. The van der Waals surface area contributed by atoms with Crippen LogP contribution in [0.2, 0.25) is 5.02 Å². The van der Waals surface area contributed by atoms with Crippen LogP contribution < -0.4 is 16.2 Å². The number of fused-ring (bicyclic) bond motifs is 2. The highest BCUT2D eigenvalue weighted by Gasteiger charge is 2.26. The lowest BCUT2D eigenvalue weighted by Gasteiger charge is -2.15. The molecule has 1 aliphatic rings. The van der Waals surface area contributed by atoms with Crippen LogP contribution in [0.3, 0.4) is 0 Å². The molecule has 1 unspecified atom stereocenters. The highest BCUT2D eigenvalue weighted by Crippen LogP contribution is 2.41. The zero-order valence-electron chi connectivity index (χ0n) is 22.2. The first-order valence-corrected chi connectivity index (χ1v) is 13.2. The Bertz CT molecular complexity index is 1610. The molecule has 0 aliphatic heterocycles. The summed E-state index contributed by atoms with van der Waals surface area (Å²) in [5.74, 6) is -0.820. The lowest BCUT2D eigenvalue weighted by molar-refractivity contribution is -0.150. The molecule has 0 saturated heterocycles. The van der Waals surface area contributed by atoms with Gasteiger partial charge in [0.1, 0.15) is 11.8 Å². The van der Waals surface area contributed by atoms with Gasteiger partial charge in [-0.1, -0.05) is 43.6 Å². The van der Waals surface area contributed by atoms with E-state index in [2.05, 4.69) is 0 Å². The number of hydrogen-bond acceptors (Lipinski definition) is 6. The first kappa shape index (κ1) is 29.4. The van der Waals surface area contributed by atoms with Gasteiger partial charge in [0.15, 0.2) is 13.3 Å². The number of Topliss-reactive ketones (excluding diaryl/α,β-unsaturated/α-hetero) is 1. The van der Waals surface area contributed by atoms with Crippen molar-refractivity contribution in [3.05, 3.63) is 76.4 Å². The Hall–Kier alpha value is -3.59. The third kappa shape index (κ3) is 6.09. The third-order valence-corrected chi connectivity index (χ3v) is 7.35. The first-order chi connectivity index (χ1) is 18.6. The molecule has 5 rings (SSSR count). The Morgan fingerprint density at radius 2 is 1.77 bits per heavy atom. The molecule has 3 aromatic carbocycles. The maximum atomic E-state index is 13.4. The van der Waals surface area contributed by atoms with Crippen LogP contribution in [0.25, 0.3) is 21.7 Å². The van der Waals surface area contributed by atoms with Gasteiger partial charge in [-0.25, -0.2) is 0 Å².